The van der Waals surface area contributed by atoms with E-state index in [4.69, 9.17) is 0 Å². The van der Waals surface area contributed by atoms with Gasteiger partial charge in [0.1, 0.15) is 0 Å². The smallest absolute Gasteiger partial charge is 0.190 e. The predicted molar refractivity (Wildman–Crippen MR) is 72.0 cm³/mol. The van der Waals surface area contributed by atoms with Crippen LogP contribution in [0.1, 0.15) is 30.4 Å². The van der Waals surface area contributed by atoms with Crippen LogP contribution in [0.15, 0.2) is 60.7 Å². The van der Waals surface area contributed by atoms with E-state index >= 15 is 0 Å². The molecule has 0 spiro atoms. The molecule has 2 rings (SSSR count). The fourth-order valence-corrected chi connectivity index (χ4v) is 2.15. The van der Waals surface area contributed by atoms with Crippen LogP contribution in [0.3, 0.4) is 0 Å². The lowest BCUT2D eigenvalue weighted by molar-refractivity contribution is -0.177. The van der Waals surface area contributed by atoms with Crippen molar-refractivity contribution < 1.29 is 10.2 Å². The SMILES string of the molecule is CC(CC(O)(O)c1ccccc1)c1ccccc1. The monoisotopic (exact) mass is 242 g/mol. The van der Waals surface area contributed by atoms with Crippen molar-refractivity contribution in [2.24, 2.45) is 0 Å². The highest BCUT2D eigenvalue weighted by Gasteiger charge is 2.28. The molecule has 0 aliphatic rings. The lowest BCUT2D eigenvalue weighted by atomic mass is 9.90. The molecule has 0 radical (unpaired) electrons. The minimum atomic E-state index is -1.78. The summed E-state index contributed by atoms with van der Waals surface area (Å²) in [6.45, 7) is 2.00. The van der Waals surface area contributed by atoms with Crippen LogP contribution in [0.2, 0.25) is 0 Å². The molecular formula is C16H18O2. The summed E-state index contributed by atoms with van der Waals surface area (Å²) in [6.07, 6.45) is 0.279. The highest BCUT2D eigenvalue weighted by atomic mass is 16.5. The van der Waals surface area contributed by atoms with E-state index in [1.165, 1.54) is 0 Å². The molecular weight excluding hydrogens is 224 g/mol. The van der Waals surface area contributed by atoms with Gasteiger partial charge in [-0.05, 0) is 11.5 Å². The molecule has 94 valence electrons. The predicted octanol–water partition coefficient (Wildman–Crippen LogP) is 3.02. The molecule has 0 aliphatic heterocycles. The van der Waals surface area contributed by atoms with Crippen molar-refractivity contribution in [2.45, 2.75) is 25.0 Å². The van der Waals surface area contributed by atoms with Gasteiger partial charge in [-0.2, -0.15) is 0 Å². The van der Waals surface area contributed by atoms with Crippen molar-refractivity contribution in [2.75, 3.05) is 0 Å². The first kappa shape index (κ1) is 12.8. The maximum Gasteiger partial charge on any atom is 0.190 e. The van der Waals surface area contributed by atoms with Crippen molar-refractivity contribution in [1.82, 2.24) is 0 Å². The van der Waals surface area contributed by atoms with Gasteiger partial charge < -0.3 is 10.2 Å². The molecule has 0 aliphatic carbocycles. The van der Waals surface area contributed by atoms with Gasteiger partial charge in [0.2, 0.25) is 0 Å². The van der Waals surface area contributed by atoms with E-state index in [0.717, 1.165) is 5.56 Å². The molecule has 0 heterocycles. The first-order valence-corrected chi connectivity index (χ1v) is 6.15. The van der Waals surface area contributed by atoms with E-state index in [-0.39, 0.29) is 12.3 Å². The molecule has 0 fully saturated rings. The highest BCUT2D eigenvalue weighted by molar-refractivity contribution is 5.23. The first-order valence-electron chi connectivity index (χ1n) is 6.15. The van der Waals surface area contributed by atoms with Crippen molar-refractivity contribution >= 4 is 0 Å². The zero-order valence-electron chi connectivity index (χ0n) is 10.5. The molecule has 0 amide bonds. The Bertz CT molecular complexity index is 477. The summed E-state index contributed by atoms with van der Waals surface area (Å²) in [7, 11) is 0. The van der Waals surface area contributed by atoms with Gasteiger partial charge in [-0.1, -0.05) is 67.6 Å². The van der Waals surface area contributed by atoms with Crippen LogP contribution in [0, 0.1) is 0 Å². The molecule has 2 N–H and O–H groups in total. The van der Waals surface area contributed by atoms with Gasteiger partial charge >= 0.3 is 0 Å². The summed E-state index contributed by atoms with van der Waals surface area (Å²) in [5.74, 6) is -1.70. The molecule has 0 saturated carbocycles. The number of aliphatic hydroxyl groups is 2. The minimum Gasteiger partial charge on any atom is -0.362 e. The molecule has 1 unspecified atom stereocenters. The average Bonchev–Trinajstić information content (AvgIpc) is 2.40. The van der Waals surface area contributed by atoms with Crippen LogP contribution in [-0.4, -0.2) is 10.2 Å². The zero-order chi connectivity index (χ0) is 13.0. The van der Waals surface area contributed by atoms with Crippen LogP contribution < -0.4 is 0 Å². The number of rotatable bonds is 4. The van der Waals surface area contributed by atoms with Crippen molar-refractivity contribution in [3.63, 3.8) is 0 Å². The van der Waals surface area contributed by atoms with Gasteiger partial charge in [0.25, 0.3) is 0 Å². The second-order valence-electron chi connectivity index (χ2n) is 4.70. The summed E-state index contributed by atoms with van der Waals surface area (Å²) in [5.41, 5.74) is 1.65. The standard InChI is InChI=1S/C16H18O2/c1-13(14-8-4-2-5-9-14)12-16(17,18)15-10-6-3-7-11-15/h2-11,13,17-18H,12H2,1H3. The number of benzene rings is 2. The Morgan fingerprint density at radius 3 is 1.94 bits per heavy atom. The topological polar surface area (TPSA) is 40.5 Å². The Morgan fingerprint density at radius 2 is 1.39 bits per heavy atom. The van der Waals surface area contributed by atoms with Crippen LogP contribution in [0.5, 0.6) is 0 Å². The fourth-order valence-electron chi connectivity index (χ4n) is 2.15. The molecule has 0 bridgehead atoms. The second-order valence-corrected chi connectivity index (χ2v) is 4.70. The largest absolute Gasteiger partial charge is 0.362 e. The van der Waals surface area contributed by atoms with E-state index in [2.05, 4.69) is 0 Å². The Morgan fingerprint density at radius 1 is 0.889 bits per heavy atom. The van der Waals surface area contributed by atoms with Crippen LogP contribution in [-0.2, 0) is 5.79 Å². The summed E-state index contributed by atoms with van der Waals surface area (Å²) < 4.78 is 0. The Labute approximate surface area is 108 Å². The first-order chi connectivity index (χ1) is 8.59. The number of hydrogen-bond acceptors (Lipinski definition) is 2. The summed E-state index contributed by atoms with van der Waals surface area (Å²) >= 11 is 0. The normalized spacial score (nSPS) is 13.3. The maximum atomic E-state index is 10.2. The van der Waals surface area contributed by atoms with Crippen molar-refractivity contribution in [3.8, 4) is 0 Å². The van der Waals surface area contributed by atoms with Gasteiger partial charge in [-0.3, -0.25) is 0 Å². The number of hydrogen-bond donors (Lipinski definition) is 2. The quantitative estimate of drug-likeness (QED) is 0.809. The van der Waals surface area contributed by atoms with E-state index in [9.17, 15) is 10.2 Å². The average molecular weight is 242 g/mol. The van der Waals surface area contributed by atoms with E-state index in [1.54, 1.807) is 12.1 Å². The lowest BCUT2D eigenvalue weighted by Crippen LogP contribution is -2.26. The zero-order valence-corrected chi connectivity index (χ0v) is 10.5. The highest BCUT2D eigenvalue weighted by Crippen LogP contribution is 2.30. The third-order valence-corrected chi connectivity index (χ3v) is 3.20. The molecule has 18 heavy (non-hydrogen) atoms. The van der Waals surface area contributed by atoms with Gasteiger partial charge in [0.05, 0.1) is 0 Å². The fraction of sp³-hybridized carbons (Fsp3) is 0.250. The van der Waals surface area contributed by atoms with Crippen LogP contribution in [0.25, 0.3) is 0 Å². The third kappa shape index (κ3) is 2.97. The second kappa shape index (κ2) is 5.34. The summed E-state index contributed by atoms with van der Waals surface area (Å²) in [6, 6.07) is 18.8. The third-order valence-electron chi connectivity index (χ3n) is 3.20. The molecule has 0 aromatic heterocycles. The Hall–Kier alpha value is -1.64. The molecule has 2 heteroatoms. The summed E-state index contributed by atoms with van der Waals surface area (Å²) in [5, 5.41) is 20.3. The Kier molecular flexibility index (Phi) is 3.80. The van der Waals surface area contributed by atoms with Crippen LogP contribution >= 0.6 is 0 Å². The molecule has 2 aromatic carbocycles. The molecule has 0 saturated heterocycles. The van der Waals surface area contributed by atoms with Crippen molar-refractivity contribution in [3.05, 3.63) is 71.8 Å². The van der Waals surface area contributed by atoms with Gasteiger partial charge in [0, 0.05) is 12.0 Å². The minimum absolute atomic E-state index is 0.0846. The van der Waals surface area contributed by atoms with Gasteiger partial charge in [-0.25, -0.2) is 0 Å². The Balaban J connectivity index is 2.14. The van der Waals surface area contributed by atoms with E-state index < -0.39 is 5.79 Å². The van der Waals surface area contributed by atoms with E-state index in [0.29, 0.717) is 5.56 Å². The van der Waals surface area contributed by atoms with Crippen molar-refractivity contribution in [1.29, 1.82) is 0 Å². The molecule has 1 atom stereocenters. The lowest BCUT2D eigenvalue weighted by Gasteiger charge is -2.26. The maximum absolute atomic E-state index is 10.2. The van der Waals surface area contributed by atoms with E-state index in [1.807, 2.05) is 55.5 Å². The van der Waals surface area contributed by atoms with Gasteiger partial charge in [0.15, 0.2) is 5.79 Å². The van der Waals surface area contributed by atoms with Gasteiger partial charge in [-0.15, -0.1) is 0 Å². The summed E-state index contributed by atoms with van der Waals surface area (Å²) in [4.78, 5) is 0. The van der Waals surface area contributed by atoms with Crippen LogP contribution in [0.4, 0.5) is 0 Å². The molecule has 2 aromatic rings. The molecule has 2 nitrogen and oxygen atoms in total.